The number of aromatic nitrogens is 2. The van der Waals surface area contributed by atoms with Gasteiger partial charge in [-0.25, -0.2) is 9.18 Å². The van der Waals surface area contributed by atoms with E-state index >= 15 is 0 Å². The van der Waals surface area contributed by atoms with Crippen molar-refractivity contribution in [1.29, 1.82) is 0 Å². The molecule has 0 aliphatic heterocycles. The molecular formula is C21H21FN2O3. The van der Waals surface area contributed by atoms with Gasteiger partial charge in [0.2, 0.25) is 5.82 Å². The van der Waals surface area contributed by atoms with E-state index in [1.165, 1.54) is 0 Å². The summed E-state index contributed by atoms with van der Waals surface area (Å²) in [6.07, 6.45) is 0. The van der Waals surface area contributed by atoms with Crippen molar-refractivity contribution < 1.29 is 18.8 Å². The van der Waals surface area contributed by atoms with Crippen LogP contribution in [0.1, 0.15) is 43.7 Å². The number of aryl methyl sites for hydroxylation is 1. The normalized spacial score (nSPS) is 11.1. The highest BCUT2D eigenvalue weighted by molar-refractivity contribution is 5.92. The SMILES string of the molecule is Cc1ccc(C(=O)O)c(C)c1-c1noc(-c2c(C)c(C)c(C)c(C)c2F)n1. The maximum atomic E-state index is 14.9. The molecule has 1 aromatic heterocycles. The lowest BCUT2D eigenvalue weighted by molar-refractivity contribution is 0.0696. The largest absolute Gasteiger partial charge is 0.478 e. The number of nitrogens with zero attached hydrogens (tertiary/aromatic N) is 2. The van der Waals surface area contributed by atoms with E-state index in [0.717, 1.165) is 22.3 Å². The van der Waals surface area contributed by atoms with Crippen molar-refractivity contribution in [2.75, 3.05) is 0 Å². The molecule has 2 aromatic carbocycles. The molecule has 0 aliphatic carbocycles. The van der Waals surface area contributed by atoms with Crippen LogP contribution in [-0.4, -0.2) is 21.2 Å². The van der Waals surface area contributed by atoms with Crippen molar-refractivity contribution >= 4 is 5.97 Å². The average molecular weight is 368 g/mol. The number of carboxylic acids is 1. The fraction of sp³-hybridized carbons (Fsp3) is 0.286. The number of rotatable bonds is 3. The second-order valence-electron chi connectivity index (χ2n) is 6.85. The molecule has 0 saturated carbocycles. The Morgan fingerprint density at radius 3 is 2.19 bits per heavy atom. The van der Waals surface area contributed by atoms with Crippen molar-refractivity contribution in [3.63, 3.8) is 0 Å². The molecule has 0 amide bonds. The van der Waals surface area contributed by atoms with Crippen LogP contribution in [0.3, 0.4) is 0 Å². The van der Waals surface area contributed by atoms with Crippen LogP contribution in [0.25, 0.3) is 22.8 Å². The summed E-state index contributed by atoms with van der Waals surface area (Å²) >= 11 is 0. The minimum atomic E-state index is -1.02. The van der Waals surface area contributed by atoms with Gasteiger partial charge in [0.05, 0.1) is 11.1 Å². The van der Waals surface area contributed by atoms with Gasteiger partial charge in [0.25, 0.3) is 5.89 Å². The second-order valence-corrected chi connectivity index (χ2v) is 6.85. The molecule has 0 spiro atoms. The number of carboxylic acid groups (broad SMARTS) is 1. The van der Waals surface area contributed by atoms with E-state index in [1.54, 1.807) is 26.0 Å². The van der Waals surface area contributed by atoms with Gasteiger partial charge in [0.1, 0.15) is 5.82 Å². The molecule has 3 rings (SSSR count). The minimum Gasteiger partial charge on any atom is -0.478 e. The van der Waals surface area contributed by atoms with E-state index < -0.39 is 5.97 Å². The molecule has 5 nitrogen and oxygen atoms in total. The highest BCUT2D eigenvalue weighted by atomic mass is 19.1. The van der Waals surface area contributed by atoms with Gasteiger partial charge in [0.15, 0.2) is 0 Å². The van der Waals surface area contributed by atoms with Crippen molar-refractivity contribution in [1.82, 2.24) is 10.1 Å². The number of halogens is 1. The van der Waals surface area contributed by atoms with Crippen molar-refractivity contribution in [3.8, 4) is 22.8 Å². The molecule has 0 radical (unpaired) electrons. The van der Waals surface area contributed by atoms with Crippen LogP contribution < -0.4 is 0 Å². The molecular weight excluding hydrogens is 347 g/mol. The van der Waals surface area contributed by atoms with Gasteiger partial charge in [0, 0.05) is 5.56 Å². The van der Waals surface area contributed by atoms with Gasteiger partial charge >= 0.3 is 5.97 Å². The molecule has 6 heteroatoms. The van der Waals surface area contributed by atoms with Gasteiger partial charge in [-0.3, -0.25) is 0 Å². The molecule has 140 valence electrons. The summed E-state index contributed by atoms with van der Waals surface area (Å²) in [5.74, 6) is -1.06. The zero-order valence-corrected chi connectivity index (χ0v) is 16.2. The third-order valence-electron chi connectivity index (χ3n) is 5.38. The number of benzene rings is 2. The summed E-state index contributed by atoms with van der Waals surface area (Å²) in [5, 5.41) is 13.4. The van der Waals surface area contributed by atoms with Crippen LogP contribution in [0.15, 0.2) is 16.7 Å². The van der Waals surface area contributed by atoms with Crippen molar-refractivity contribution in [3.05, 3.63) is 56.9 Å². The van der Waals surface area contributed by atoms with Crippen LogP contribution in [0, 0.1) is 47.4 Å². The monoisotopic (exact) mass is 368 g/mol. The summed E-state index contributed by atoms with van der Waals surface area (Å²) in [7, 11) is 0. The van der Waals surface area contributed by atoms with E-state index in [0.29, 0.717) is 22.3 Å². The van der Waals surface area contributed by atoms with Crippen LogP contribution in [0.5, 0.6) is 0 Å². The van der Waals surface area contributed by atoms with Gasteiger partial charge in [-0.2, -0.15) is 4.98 Å². The Bertz CT molecular complexity index is 1050. The summed E-state index contributed by atoms with van der Waals surface area (Å²) < 4.78 is 20.3. The molecule has 1 N–H and O–H groups in total. The topological polar surface area (TPSA) is 76.2 Å². The number of aromatic carboxylic acids is 1. The highest BCUT2D eigenvalue weighted by Gasteiger charge is 2.23. The van der Waals surface area contributed by atoms with E-state index in [4.69, 9.17) is 4.52 Å². The minimum absolute atomic E-state index is 0.0886. The lowest BCUT2D eigenvalue weighted by atomic mass is 9.93. The summed E-state index contributed by atoms with van der Waals surface area (Å²) in [6.45, 7) is 10.9. The molecule has 0 unspecified atom stereocenters. The van der Waals surface area contributed by atoms with E-state index in [9.17, 15) is 14.3 Å². The number of hydrogen-bond donors (Lipinski definition) is 1. The highest BCUT2D eigenvalue weighted by Crippen LogP contribution is 2.34. The molecule has 27 heavy (non-hydrogen) atoms. The molecule has 0 saturated heterocycles. The number of hydrogen-bond acceptors (Lipinski definition) is 4. The first-order valence-corrected chi connectivity index (χ1v) is 8.58. The molecule has 0 fully saturated rings. The Morgan fingerprint density at radius 2 is 1.56 bits per heavy atom. The van der Waals surface area contributed by atoms with Crippen LogP contribution in [0.4, 0.5) is 4.39 Å². The standard InChI is InChI=1S/C21H21FN2O3/c1-9-7-8-15(21(25)26)14(6)16(9)19-23-20(27-24-19)17-12(4)10(2)11(3)13(5)18(17)22/h7-8H,1-6H3,(H,25,26). The Labute approximate surface area is 156 Å². The first-order valence-electron chi connectivity index (χ1n) is 8.58. The van der Waals surface area contributed by atoms with Crippen LogP contribution in [-0.2, 0) is 0 Å². The fourth-order valence-corrected chi connectivity index (χ4v) is 3.37. The first-order chi connectivity index (χ1) is 12.6. The molecule has 0 bridgehead atoms. The zero-order chi connectivity index (χ0) is 20.0. The Hall–Kier alpha value is -3.02. The zero-order valence-electron chi connectivity index (χ0n) is 16.2. The Balaban J connectivity index is 2.21. The maximum absolute atomic E-state index is 14.9. The molecule has 0 aliphatic rings. The molecule has 0 atom stereocenters. The quantitative estimate of drug-likeness (QED) is 0.697. The van der Waals surface area contributed by atoms with Gasteiger partial charge < -0.3 is 9.63 Å². The van der Waals surface area contributed by atoms with Crippen LogP contribution in [0.2, 0.25) is 0 Å². The van der Waals surface area contributed by atoms with E-state index in [1.807, 2.05) is 27.7 Å². The lowest BCUT2D eigenvalue weighted by Gasteiger charge is -2.13. The summed E-state index contributed by atoms with van der Waals surface area (Å²) in [5.41, 5.74) is 5.58. The predicted octanol–water partition coefficient (Wildman–Crippen LogP) is 5.09. The third-order valence-corrected chi connectivity index (χ3v) is 5.38. The average Bonchev–Trinajstić information content (AvgIpc) is 3.07. The van der Waals surface area contributed by atoms with Gasteiger partial charge in [-0.05, 0) is 81.0 Å². The first kappa shape index (κ1) is 18.8. The molecule has 1 heterocycles. The van der Waals surface area contributed by atoms with Crippen LogP contribution >= 0.6 is 0 Å². The Morgan fingerprint density at radius 1 is 0.926 bits per heavy atom. The van der Waals surface area contributed by atoms with E-state index in [2.05, 4.69) is 10.1 Å². The maximum Gasteiger partial charge on any atom is 0.335 e. The Kier molecular flexibility index (Phi) is 4.59. The number of carbonyl (C=O) groups is 1. The molecule has 3 aromatic rings. The van der Waals surface area contributed by atoms with E-state index in [-0.39, 0.29) is 23.1 Å². The fourth-order valence-electron chi connectivity index (χ4n) is 3.37. The van der Waals surface area contributed by atoms with Crippen molar-refractivity contribution in [2.24, 2.45) is 0 Å². The lowest BCUT2D eigenvalue weighted by Crippen LogP contribution is -2.03. The van der Waals surface area contributed by atoms with Gasteiger partial charge in [-0.15, -0.1) is 0 Å². The second kappa shape index (κ2) is 6.61. The van der Waals surface area contributed by atoms with Crippen molar-refractivity contribution in [2.45, 2.75) is 41.5 Å². The third kappa shape index (κ3) is 2.91. The smallest absolute Gasteiger partial charge is 0.335 e. The summed E-state index contributed by atoms with van der Waals surface area (Å²) in [6, 6.07) is 3.25. The predicted molar refractivity (Wildman–Crippen MR) is 101 cm³/mol. The van der Waals surface area contributed by atoms with Gasteiger partial charge in [-0.1, -0.05) is 11.2 Å². The summed E-state index contributed by atoms with van der Waals surface area (Å²) in [4.78, 5) is 15.8.